The molecule has 0 N–H and O–H groups in total. The van der Waals surface area contributed by atoms with Gasteiger partial charge in [-0.05, 0) is 135 Å². The monoisotopic (exact) mass is 923 g/mol. The van der Waals surface area contributed by atoms with Gasteiger partial charge < -0.3 is 14.2 Å². The Morgan fingerprint density at radius 2 is 0.537 bits per heavy atom. The molecule has 1 atom stereocenters. The van der Waals surface area contributed by atoms with Crippen molar-refractivity contribution in [2.75, 3.05) is 13.2 Å². The molecule has 0 amide bonds. The van der Waals surface area contributed by atoms with Gasteiger partial charge in [0.15, 0.2) is 6.10 Å². The second-order valence-corrected chi connectivity index (χ2v) is 16.6. The molecule has 0 bridgehead atoms. The van der Waals surface area contributed by atoms with Crippen molar-refractivity contribution < 1.29 is 28.6 Å². The molecule has 0 aromatic rings. The van der Waals surface area contributed by atoms with Gasteiger partial charge in [0.25, 0.3) is 0 Å². The molecule has 6 heteroatoms. The van der Waals surface area contributed by atoms with Crippen LogP contribution in [0.1, 0.15) is 201 Å². The summed E-state index contributed by atoms with van der Waals surface area (Å²) in [7, 11) is 0. The average Bonchev–Trinajstić information content (AvgIpc) is 3.33. The number of esters is 3. The van der Waals surface area contributed by atoms with Gasteiger partial charge in [0.1, 0.15) is 13.2 Å². The van der Waals surface area contributed by atoms with E-state index in [-0.39, 0.29) is 44.0 Å². The fourth-order valence-corrected chi connectivity index (χ4v) is 6.47. The number of unbranched alkanes of at least 4 members (excludes halogenated alkanes) is 10. The number of ether oxygens (including phenoxy) is 3. The second kappa shape index (κ2) is 53.9. The van der Waals surface area contributed by atoms with Gasteiger partial charge in [0, 0.05) is 19.3 Å². The van der Waals surface area contributed by atoms with Gasteiger partial charge in [0.05, 0.1) is 0 Å². The van der Waals surface area contributed by atoms with Crippen molar-refractivity contribution in [3.63, 3.8) is 0 Å². The van der Waals surface area contributed by atoms with Crippen LogP contribution in [0, 0.1) is 0 Å². The van der Waals surface area contributed by atoms with Crippen molar-refractivity contribution in [2.24, 2.45) is 0 Å². The summed E-state index contributed by atoms with van der Waals surface area (Å²) in [6.45, 7) is 6.19. The quantitative estimate of drug-likeness (QED) is 0.0262. The minimum absolute atomic E-state index is 0.121. The van der Waals surface area contributed by atoms with Crippen LogP contribution < -0.4 is 0 Å². The number of allylic oxidation sites excluding steroid dienone is 24. The van der Waals surface area contributed by atoms with Crippen LogP contribution in [0.4, 0.5) is 0 Å². The van der Waals surface area contributed by atoms with E-state index >= 15 is 0 Å². The Labute approximate surface area is 410 Å². The molecule has 0 heterocycles. The highest BCUT2D eigenvalue weighted by Gasteiger charge is 2.19. The third kappa shape index (κ3) is 52.1. The van der Waals surface area contributed by atoms with Gasteiger partial charge in [0.2, 0.25) is 0 Å². The fraction of sp³-hybridized carbons (Fsp3) is 0.557. The summed E-state index contributed by atoms with van der Waals surface area (Å²) in [4.78, 5) is 38.1. The van der Waals surface area contributed by atoms with Crippen molar-refractivity contribution in [3.8, 4) is 0 Å². The van der Waals surface area contributed by atoms with E-state index in [1.54, 1.807) is 0 Å². The molecule has 374 valence electrons. The Morgan fingerprint density at radius 1 is 0.299 bits per heavy atom. The number of carbonyl (C=O) groups is 3. The molecule has 0 aliphatic carbocycles. The van der Waals surface area contributed by atoms with E-state index in [1.165, 1.54) is 0 Å². The van der Waals surface area contributed by atoms with Gasteiger partial charge in [-0.2, -0.15) is 0 Å². The maximum absolute atomic E-state index is 12.8. The molecule has 67 heavy (non-hydrogen) atoms. The first-order valence-electron chi connectivity index (χ1n) is 26.3. The molecule has 0 aliphatic heterocycles. The molecule has 0 fully saturated rings. The topological polar surface area (TPSA) is 78.9 Å². The number of hydrogen-bond donors (Lipinski definition) is 0. The minimum atomic E-state index is -0.825. The highest BCUT2D eigenvalue weighted by Crippen LogP contribution is 2.12. The van der Waals surface area contributed by atoms with E-state index in [0.29, 0.717) is 12.8 Å². The van der Waals surface area contributed by atoms with Crippen LogP contribution >= 0.6 is 0 Å². The first-order chi connectivity index (χ1) is 33.0. The summed E-state index contributed by atoms with van der Waals surface area (Å²) in [5, 5.41) is 0. The van der Waals surface area contributed by atoms with Crippen LogP contribution in [0.5, 0.6) is 0 Å². The van der Waals surface area contributed by atoms with Crippen molar-refractivity contribution in [2.45, 2.75) is 207 Å². The Balaban J connectivity index is 4.58. The molecule has 0 aliphatic rings. The predicted molar refractivity (Wildman–Crippen MR) is 288 cm³/mol. The van der Waals surface area contributed by atoms with Gasteiger partial charge in [-0.25, -0.2) is 0 Å². The predicted octanol–water partition coefficient (Wildman–Crippen LogP) is 17.6. The zero-order chi connectivity index (χ0) is 48.6. The van der Waals surface area contributed by atoms with E-state index in [2.05, 4.69) is 167 Å². The van der Waals surface area contributed by atoms with E-state index in [1.807, 2.05) is 0 Å². The molecule has 6 nitrogen and oxygen atoms in total. The summed E-state index contributed by atoms with van der Waals surface area (Å²) < 4.78 is 16.7. The van der Waals surface area contributed by atoms with Crippen LogP contribution in [0.15, 0.2) is 146 Å². The van der Waals surface area contributed by atoms with Crippen LogP contribution in [0.25, 0.3) is 0 Å². The van der Waals surface area contributed by atoms with Gasteiger partial charge in [-0.1, -0.05) is 192 Å². The van der Waals surface area contributed by atoms with Gasteiger partial charge in [-0.15, -0.1) is 0 Å². The van der Waals surface area contributed by atoms with Crippen molar-refractivity contribution in [1.29, 1.82) is 0 Å². The Kier molecular flexibility index (Phi) is 50.1. The molecule has 0 saturated carbocycles. The Bertz CT molecular complexity index is 1530. The third-order valence-corrected chi connectivity index (χ3v) is 10.3. The van der Waals surface area contributed by atoms with E-state index in [9.17, 15) is 14.4 Å². The lowest BCUT2D eigenvalue weighted by Crippen LogP contribution is -2.30. The zero-order valence-corrected chi connectivity index (χ0v) is 42.6. The molecule has 0 unspecified atom stereocenters. The van der Waals surface area contributed by atoms with Crippen molar-refractivity contribution >= 4 is 17.9 Å². The fourth-order valence-electron chi connectivity index (χ4n) is 6.47. The summed E-state index contributed by atoms with van der Waals surface area (Å²) in [6.07, 6.45) is 76.9. The molecule has 0 aromatic carbocycles. The first kappa shape index (κ1) is 62.3. The minimum Gasteiger partial charge on any atom is -0.462 e. The smallest absolute Gasteiger partial charge is 0.306 e. The van der Waals surface area contributed by atoms with Crippen molar-refractivity contribution in [3.05, 3.63) is 146 Å². The van der Waals surface area contributed by atoms with E-state index in [0.717, 1.165) is 154 Å². The largest absolute Gasteiger partial charge is 0.462 e. The SMILES string of the molecule is CC/C=C\C/C=C\C/C=C\C/C=C\CCCCCCC(=O)OC[C@H](COC(=O)CCCC/C=C\C/C=C\C/C=C\C/C=C\CC)OC(=O)CCCCCC/C=C\C/C=C\C/C=C\C/C=C\CC. The van der Waals surface area contributed by atoms with Gasteiger partial charge in [-0.3, -0.25) is 14.4 Å². The molecule has 0 radical (unpaired) electrons. The lowest BCUT2D eigenvalue weighted by atomic mass is 10.1. The highest BCUT2D eigenvalue weighted by atomic mass is 16.6. The molecular weight excluding hydrogens is 829 g/mol. The second-order valence-electron chi connectivity index (χ2n) is 16.6. The summed E-state index contributed by atoms with van der Waals surface area (Å²) >= 11 is 0. The third-order valence-electron chi connectivity index (χ3n) is 10.3. The first-order valence-corrected chi connectivity index (χ1v) is 26.3. The number of carbonyl (C=O) groups excluding carboxylic acids is 3. The van der Waals surface area contributed by atoms with Crippen molar-refractivity contribution in [1.82, 2.24) is 0 Å². The molecule has 0 spiro atoms. The lowest BCUT2D eigenvalue weighted by molar-refractivity contribution is -0.167. The van der Waals surface area contributed by atoms with Crippen LogP contribution in [-0.4, -0.2) is 37.2 Å². The molecule has 0 rings (SSSR count). The molecule has 0 saturated heterocycles. The van der Waals surface area contributed by atoms with Crippen LogP contribution in [0.2, 0.25) is 0 Å². The molecular formula is C61H94O6. The number of hydrogen-bond acceptors (Lipinski definition) is 6. The summed E-state index contributed by atoms with van der Waals surface area (Å²) in [5.74, 6) is -1.02. The van der Waals surface area contributed by atoms with Crippen LogP contribution in [-0.2, 0) is 28.6 Å². The highest BCUT2D eigenvalue weighted by molar-refractivity contribution is 5.71. The number of rotatable bonds is 45. The lowest BCUT2D eigenvalue weighted by Gasteiger charge is -2.18. The maximum atomic E-state index is 12.8. The summed E-state index contributed by atoms with van der Waals surface area (Å²) in [5.41, 5.74) is 0. The van der Waals surface area contributed by atoms with Crippen LogP contribution in [0.3, 0.4) is 0 Å². The summed E-state index contributed by atoms with van der Waals surface area (Å²) in [6, 6.07) is 0. The normalized spacial score (nSPS) is 13.3. The van der Waals surface area contributed by atoms with Gasteiger partial charge >= 0.3 is 17.9 Å². The average molecular weight is 923 g/mol. The Hall–Kier alpha value is -4.71. The van der Waals surface area contributed by atoms with E-state index < -0.39 is 6.10 Å². The molecule has 0 aromatic heterocycles. The standard InChI is InChI=1S/C61H94O6/c1-4-7-10-13-16-19-22-25-28-30-33-36-39-42-45-48-51-54-60(63)66-57-58(56-65-59(62)53-50-47-44-41-38-35-32-27-24-21-18-15-12-9-6-3)67-61(64)55-52-49-46-43-40-37-34-31-29-26-23-20-17-14-11-8-5-2/h7-12,16-21,25-29,32-34,36-38,41,58H,4-6,13-15,22-24,30-31,35,39-40,42-57H2,1-3H3/b10-7-,11-8-,12-9-,19-16-,20-17-,21-18-,28-25-,29-26-,32-27-,36-33-,37-34-,41-38-/t58-/m0/s1. The zero-order valence-electron chi connectivity index (χ0n) is 42.6. The van der Waals surface area contributed by atoms with E-state index in [4.69, 9.17) is 14.2 Å². The maximum Gasteiger partial charge on any atom is 0.306 e. The Morgan fingerprint density at radius 3 is 0.851 bits per heavy atom.